The van der Waals surface area contributed by atoms with Gasteiger partial charge in [-0.15, -0.1) is 0 Å². The molecule has 1 aliphatic rings. The van der Waals surface area contributed by atoms with Gasteiger partial charge in [0.25, 0.3) is 0 Å². The number of ether oxygens (including phenoxy) is 7. The van der Waals surface area contributed by atoms with Gasteiger partial charge in [0.1, 0.15) is 47.6 Å². The summed E-state index contributed by atoms with van der Waals surface area (Å²) in [6.45, 7) is 5.29. The minimum absolute atomic E-state index is 0.175. The maximum atomic E-state index is 13.7. The van der Waals surface area contributed by atoms with E-state index in [0.717, 1.165) is 44.1 Å². The van der Waals surface area contributed by atoms with Crippen molar-refractivity contribution in [3.63, 3.8) is 0 Å². The molecule has 0 spiro atoms. The summed E-state index contributed by atoms with van der Waals surface area (Å²) in [5.41, 5.74) is 1.54. The second-order valence-corrected chi connectivity index (χ2v) is 15.5. The first-order valence-electron chi connectivity index (χ1n) is 22.1. The number of hydrogen-bond donors (Lipinski definition) is 0. The van der Waals surface area contributed by atoms with Crippen LogP contribution >= 0.6 is 0 Å². The summed E-state index contributed by atoms with van der Waals surface area (Å²) in [6, 6.07) is 31.3. The Morgan fingerprint density at radius 3 is 1.42 bits per heavy atom. The van der Waals surface area contributed by atoms with E-state index >= 15 is 0 Å². The summed E-state index contributed by atoms with van der Waals surface area (Å²) in [5, 5.41) is 0. The standard InChI is InChI=1S/C52H55FO11/c1-3-5-7-9-33-58-42-23-27-44(28-24-42)61-50(55)38-13-11-37(12-14-38)49(54)60-35-48-47(32-31-46(63-48)36-19-21-41(53)22-20-36)64-52(57)40-17-15-39(16-18-40)51(56)62-45-29-25-43(26-30-45)59-34-10-8-6-4-2/h11-30,46-48H,3-10,31-35H2,1-2H3/t46-,47+,48-/m1/s1. The van der Waals surface area contributed by atoms with Crippen LogP contribution in [0.3, 0.4) is 0 Å². The largest absolute Gasteiger partial charge is 0.494 e. The SMILES string of the molecule is CCCCCCOc1ccc(OC(=O)c2ccc(C(=O)OC[C@H]3O[C@@H](c4ccc(F)cc4)CC[C@@H]3OC(=O)c3ccc(C(=O)Oc4ccc(OCCCCCC)cc4)cc3)cc2)cc1. The first-order chi connectivity index (χ1) is 31.2. The average molecular weight is 875 g/mol. The Balaban J connectivity index is 1.02. The van der Waals surface area contributed by atoms with Gasteiger partial charge in [-0.25, -0.2) is 23.6 Å². The Hall–Kier alpha value is -6.53. The molecule has 0 aliphatic carbocycles. The lowest BCUT2D eigenvalue weighted by Crippen LogP contribution is -2.42. The lowest BCUT2D eigenvalue weighted by molar-refractivity contribution is -0.140. The summed E-state index contributed by atoms with van der Waals surface area (Å²) in [5.74, 6) is -0.866. The van der Waals surface area contributed by atoms with Gasteiger partial charge >= 0.3 is 23.9 Å². The number of carbonyl (C=O) groups is 4. The third kappa shape index (κ3) is 14.2. The molecule has 0 aromatic heterocycles. The van der Waals surface area contributed by atoms with Gasteiger partial charge in [0, 0.05) is 0 Å². The van der Waals surface area contributed by atoms with E-state index in [4.69, 9.17) is 33.2 Å². The molecule has 0 amide bonds. The first kappa shape index (κ1) is 47.0. The van der Waals surface area contributed by atoms with Crippen molar-refractivity contribution < 1.29 is 56.7 Å². The van der Waals surface area contributed by atoms with Crippen LogP contribution in [-0.4, -0.2) is 55.9 Å². The van der Waals surface area contributed by atoms with Crippen molar-refractivity contribution in [2.45, 2.75) is 96.4 Å². The number of benzene rings is 5. The van der Waals surface area contributed by atoms with Gasteiger partial charge in [-0.2, -0.15) is 0 Å². The molecule has 5 aromatic carbocycles. The van der Waals surface area contributed by atoms with E-state index in [-0.39, 0.29) is 28.9 Å². The van der Waals surface area contributed by atoms with Crippen molar-refractivity contribution >= 4 is 23.9 Å². The molecule has 3 atom stereocenters. The van der Waals surface area contributed by atoms with Crippen molar-refractivity contribution in [3.8, 4) is 23.0 Å². The minimum atomic E-state index is -0.879. The molecule has 1 aliphatic heterocycles. The van der Waals surface area contributed by atoms with Crippen molar-refractivity contribution in [1.29, 1.82) is 0 Å². The van der Waals surface area contributed by atoms with E-state index in [1.165, 1.54) is 73.5 Å². The van der Waals surface area contributed by atoms with E-state index in [2.05, 4.69) is 13.8 Å². The Morgan fingerprint density at radius 2 is 0.953 bits per heavy atom. The highest BCUT2D eigenvalue weighted by Gasteiger charge is 2.36. The fourth-order valence-electron chi connectivity index (χ4n) is 6.98. The Morgan fingerprint density at radius 1 is 0.516 bits per heavy atom. The van der Waals surface area contributed by atoms with Crippen LogP contribution < -0.4 is 18.9 Å². The lowest BCUT2D eigenvalue weighted by atomic mass is 9.96. The van der Waals surface area contributed by atoms with Crippen molar-refractivity contribution in [2.75, 3.05) is 19.8 Å². The van der Waals surface area contributed by atoms with Gasteiger partial charge in [0.05, 0.1) is 41.6 Å². The molecule has 1 fully saturated rings. The third-order valence-corrected chi connectivity index (χ3v) is 10.7. The van der Waals surface area contributed by atoms with E-state index < -0.39 is 48.0 Å². The second kappa shape index (κ2) is 24.4. The lowest BCUT2D eigenvalue weighted by Gasteiger charge is -2.36. The number of hydrogen-bond acceptors (Lipinski definition) is 11. The van der Waals surface area contributed by atoms with Crippen LogP contribution in [0.1, 0.15) is 131 Å². The van der Waals surface area contributed by atoms with Gasteiger partial charge in [0.2, 0.25) is 0 Å². The Kier molecular flexibility index (Phi) is 17.9. The zero-order chi connectivity index (χ0) is 45.1. The smallest absolute Gasteiger partial charge is 0.343 e. The molecule has 336 valence electrons. The predicted molar refractivity (Wildman–Crippen MR) is 238 cm³/mol. The molecule has 6 rings (SSSR count). The Labute approximate surface area is 373 Å². The monoisotopic (exact) mass is 874 g/mol. The molecule has 0 saturated carbocycles. The molecular formula is C52H55FO11. The average Bonchev–Trinajstić information content (AvgIpc) is 3.32. The molecule has 1 saturated heterocycles. The van der Waals surface area contributed by atoms with Crippen LogP contribution in [0, 0.1) is 5.82 Å². The fourth-order valence-corrected chi connectivity index (χ4v) is 6.98. The maximum Gasteiger partial charge on any atom is 0.343 e. The first-order valence-corrected chi connectivity index (χ1v) is 22.1. The Bertz CT molecular complexity index is 2240. The third-order valence-electron chi connectivity index (χ3n) is 10.7. The molecule has 11 nitrogen and oxygen atoms in total. The highest BCUT2D eigenvalue weighted by molar-refractivity contribution is 5.95. The van der Waals surface area contributed by atoms with Gasteiger partial charge in [-0.1, -0.05) is 64.5 Å². The van der Waals surface area contributed by atoms with Crippen LogP contribution in [0.2, 0.25) is 0 Å². The van der Waals surface area contributed by atoms with E-state index in [1.807, 2.05) is 0 Å². The quantitative estimate of drug-likeness (QED) is 0.0374. The highest BCUT2D eigenvalue weighted by Crippen LogP contribution is 2.34. The maximum absolute atomic E-state index is 13.7. The topological polar surface area (TPSA) is 133 Å². The van der Waals surface area contributed by atoms with Gasteiger partial charge < -0.3 is 33.2 Å². The van der Waals surface area contributed by atoms with Crippen LogP contribution in [0.5, 0.6) is 23.0 Å². The van der Waals surface area contributed by atoms with Crippen LogP contribution in [0.4, 0.5) is 4.39 Å². The van der Waals surface area contributed by atoms with Crippen molar-refractivity contribution in [3.05, 3.63) is 155 Å². The highest BCUT2D eigenvalue weighted by atomic mass is 19.1. The number of rotatable bonds is 22. The summed E-state index contributed by atoms with van der Waals surface area (Å²) < 4.78 is 54.2. The summed E-state index contributed by atoms with van der Waals surface area (Å²) in [6.07, 6.45) is 7.46. The number of halogens is 1. The van der Waals surface area contributed by atoms with Crippen LogP contribution in [-0.2, 0) is 14.2 Å². The molecule has 0 unspecified atom stereocenters. The van der Waals surface area contributed by atoms with E-state index in [0.29, 0.717) is 49.1 Å². The van der Waals surface area contributed by atoms with Gasteiger partial charge in [0.15, 0.2) is 0 Å². The minimum Gasteiger partial charge on any atom is -0.494 e. The van der Waals surface area contributed by atoms with Crippen molar-refractivity contribution in [1.82, 2.24) is 0 Å². The summed E-state index contributed by atoms with van der Waals surface area (Å²) in [4.78, 5) is 52.4. The van der Waals surface area contributed by atoms with Crippen LogP contribution in [0.25, 0.3) is 0 Å². The zero-order valence-corrected chi connectivity index (χ0v) is 36.3. The zero-order valence-electron chi connectivity index (χ0n) is 36.3. The van der Waals surface area contributed by atoms with Crippen LogP contribution in [0.15, 0.2) is 121 Å². The second-order valence-electron chi connectivity index (χ2n) is 15.5. The van der Waals surface area contributed by atoms with Crippen molar-refractivity contribution in [2.24, 2.45) is 0 Å². The fraction of sp³-hybridized carbons (Fsp3) is 0.346. The normalized spacial score (nSPS) is 15.7. The molecule has 0 radical (unpaired) electrons. The van der Waals surface area contributed by atoms with E-state index in [9.17, 15) is 23.6 Å². The van der Waals surface area contributed by atoms with Gasteiger partial charge in [-0.05, 0) is 140 Å². The molecular weight excluding hydrogens is 820 g/mol. The number of unbranched alkanes of at least 4 members (excludes halogenated alkanes) is 6. The molecule has 1 heterocycles. The molecule has 12 heteroatoms. The van der Waals surface area contributed by atoms with Gasteiger partial charge in [-0.3, -0.25) is 0 Å². The molecule has 5 aromatic rings. The van der Waals surface area contributed by atoms with E-state index in [1.54, 1.807) is 60.7 Å². The summed E-state index contributed by atoms with van der Waals surface area (Å²) in [7, 11) is 0. The summed E-state index contributed by atoms with van der Waals surface area (Å²) >= 11 is 0. The molecule has 0 N–H and O–H groups in total. The predicted octanol–water partition coefficient (Wildman–Crippen LogP) is 11.5. The number of carbonyl (C=O) groups excluding carboxylic acids is 4. The molecule has 0 bridgehead atoms. The number of esters is 4. The molecule has 64 heavy (non-hydrogen) atoms.